The lowest BCUT2D eigenvalue weighted by molar-refractivity contribution is -0.217. The van der Waals surface area contributed by atoms with Gasteiger partial charge in [0.2, 0.25) is 11.2 Å². The average Bonchev–Trinajstić information content (AvgIpc) is 3.60. The Hall–Kier alpha value is -4.17. The lowest BCUT2D eigenvalue weighted by Crippen LogP contribution is -2.57. The Kier molecular flexibility index (Phi) is 8.81. The van der Waals surface area contributed by atoms with Gasteiger partial charge < -0.3 is 37.9 Å². The summed E-state index contributed by atoms with van der Waals surface area (Å²) in [6.45, 7) is 19.2. The van der Waals surface area contributed by atoms with Crippen LogP contribution in [-0.4, -0.2) is 110 Å². The number of nitrogens with zero attached hydrogens (tertiary/aromatic N) is 3. The fourth-order valence-corrected chi connectivity index (χ4v) is 10.5. The van der Waals surface area contributed by atoms with E-state index in [1.807, 2.05) is 39.5 Å². The molecule has 1 aromatic carbocycles. The Morgan fingerprint density at radius 3 is 1.84 bits per heavy atom. The standard InChI is InChI=1S/C43H57N3O11/c1-37(2)32(54-36(51)43-17-15-41(8,34(49)57-43)39(43,5)6)31(53-35(50)42-16-14-40(7,33(48)56-42)38(42,3)4)29-27(55-37)13-12-25-26(47)24-28(52-30(25)29)46-22-20-45(21-23-46)19-11-18-44(9)10/h12-13,24,31-32H,11,14-23H2,1-10H3/t31-,32-,40+,41+,42-,43-/m1/s1. The van der Waals surface area contributed by atoms with E-state index < -0.39 is 74.5 Å². The average molecular weight is 792 g/mol. The summed E-state index contributed by atoms with van der Waals surface area (Å²) in [6, 6.07) is 4.73. The van der Waals surface area contributed by atoms with Crippen molar-refractivity contribution in [2.45, 2.75) is 117 Å². The number of hydrogen-bond donors (Lipinski definition) is 0. The number of fused-ring (bicyclic) bond motifs is 7. The molecule has 0 N–H and O–H groups in total. The van der Waals surface area contributed by atoms with Gasteiger partial charge in [0.1, 0.15) is 11.4 Å². The molecule has 1 aromatic heterocycles. The predicted molar refractivity (Wildman–Crippen MR) is 208 cm³/mol. The number of anilines is 1. The highest BCUT2D eigenvalue weighted by atomic mass is 16.7. The SMILES string of the molecule is CN(C)CCCN1CCN(c2cc(=O)c3ccc4c(c3o2)[C@@H](OC(=O)[C@@]23CC[C@@](C)(C(=O)O2)C3(C)C)[C@@H](OC(=O)[C@@]23CC[C@@](C)(C(=O)O2)C3(C)C)C(C)(C)O4)CC1. The number of carbonyl (C=O) groups excluding carboxylic acids is 4. The van der Waals surface area contributed by atoms with E-state index in [1.54, 1.807) is 32.9 Å². The van der Waals surface area contributed by atoms with Crippen LogP contribution in [0.3, 0.4) is 0 Å². The zero-order chi connectivity index (χ0) is 41.3. The maximum absolute atomic E-state index is 14.8. The minimum absolute atomic E-state index is 0.133. The van der Waals surface area contributed by atoms with Gasteiger partial charge in [0.15, 0.2) is 29.1 Å². The van der Waals surface area contributed by atoms with Gasteiger partial charge in [-0.1, -0.05) is 27.7 Å². The first kappa shape index (κ1) is 39.6. The van der Waals surface area contributed by atoms with Crippen molar-refractivity contribution in [3.8, 4) is 5.75 Å². The van der Waals surface area contributed by atoms with Crippen molar-refractivity contribution in [2.75, 3.05) is 58.3 Å². The van der Waals surface area contributed by atoms with Crippen LogP contribution < -0.4 is 15.1 Å². The first-order valence-corrected chi connectivity index (χ1v) is 20.4. The third kappa shape index (κ3) is 5.30. The van der Waals surface area contributed by atoms with Crippen LogP contribution in [0.4, 0.5) is 5.88 Å². The van der Waals surface area contributed by atoms with Crippen LogP contribution in [0.25, 0.3) is 11.0 Å². The molecule has 6 aliphatic rings. The van der Waals surface area contributed by atoms with Crippen molar-refractivity contribution in [2.24, 2.45) is 21.7 Å². The Morgan fingerprint density at radius 2 is 1.33 bits per heavy atom. The normalized spacial score (nSPS) is 34.5. The Bertz CT molecular complexity index is 2120. The number of hydrogen-bond acceptors (Lipinski definition) is 14. The van der Waals surface area contributed by atoms with Gasteiger partial charge >= 0.3 is 23.9 Å². The second-order valence-electron chi connectivity index (χ2n) is 19.5. The van der Waals surface area contributed by atoms with Crippen molar-refractivity contribution in [3.05, 3.63) is 34.0 Å². The number of rotatable bonds is 9. The summed E-state index contributed by atoms with van der Waals surface area (Å²) in [7, 11) is 4.12. The minimum Gasteiger partial charge on any atom is -0.483 e. The van der Waals surface area contributed by atoms with E-state index in [4.69, 9.17) is 28.1 Å². The predicted octanol–water partition coefficient (Wildman–Crippen LogP) is 4.78. The number of benzene rings is 1. The van der Waals surface area contributed by atoms with Crippen molar-refractivity contribution >= 4 is 40.7 Å². The van der Waals surface area contributed by atoms with Crippen LogP contribution in [-0.2, 0) is 38.1 Å². The van der Waals surface area contributed by atoms with Gasteiger partial charge in [-0.15, -0.1) is 0 Å². The van der Waals surface area contributed by atoms with E-state index in [2.05, 4.69) is 23.9 Å². The zero-order valence-electron chi connectivity index (χ0n) is 35.0. The van der Waals surface area contributed by atoms with Gasteiger partial charge in [0.05, 0.1) is 21.8 Å². The molecule has 0 unspecified atom stereocenters. The Balaban J connectivity index is 1.21. The molecule has 2 aromatic rings. The highest BCUT2D eigenvalue weighted by Crippen LogP contribution is 2.67. The fraction of sp³-hybridized carbons (Fsp3) is 0.698. The third-order valence-electron chi connectivity index (χ3n) is 15.6. The van der Waals surface area contributed by atoms with Gasteiger partial charge in [-0.3, -0.25) is 19.3 Å². The highest BCUT2D eigenvalue weighted by molar-refractivity contribution is 5.95. The van der Waals surface area contributed by atoms with Crippen LogP contribution in [0.2, 0.25) is 0 Å². The van der Waals surface area contributed by atoms with Crippen LogP contribution in [0.1, 0.15) is 99.2 Å². The summed E-state index contributed by atoms with van der Waals surface area (Å²) >= 11 is 0. The molecule has 0 spiro atoms. The lowest BCUT2D eigenvalue weighted by atomic mass is 9.66. The molecule has 2 saturated carbocycles. The number of ether oxygens (including phenoxy) is 5. The molecule has 4 bridgehead atoms. The molecule has 6 atom stereocenters. The maximum Gasteiger partial charge on any atom is 0.351 e. The molecule has 4 aliphatic heterocycles. The van der Waals surface area contributed by atoms with E-state index in [9.17, 15) is 24.0 Å². The van der Waals surface area contributed by atoms with Crippen LogP contribution in [0, 0.1) is 21.7 Å². The second kappa shape index (κ2) is 12.7. The van der Waals surface area contributed by atoms with E-state index in [1.165, 1.54) is 6.07 Å². The molecule has 5 fully saturated rings. The van der Waals surface area contributed by atoms with Gasteiger partial charge in [-0.05, 0) is 99.1 Å². The quantitative estimate of drug-likeness (QED) is 0.253. The molecule has 3 saturated heterocycles. The van der Waals surface area contributed by atoms with Crippen LogP contribution in [0.15, 0.2) is 27.4 Å². The zero-order valence-corrected chi connectivity index (χ0v) is 35.0. The molecule has 57 heavy (non-hydrogen) atoms. The Labute approximate surface area is 333 Å². The summed E-state index contributed by atoms with van der Waals surface area (Å²) in [5.41, 5.74) is -8.15. The molecule has 310 valence electrons. The van der Waals surface area contributed by atoms with Gasteiger partial charge in [0.25, 0.3) is 0 Å². The third-order valence-corrected chi connectivity index (χ3v) is 15.6. The van der Waals surface area contributed by atoms with Crippen molar-refractivity contribution < 1.29 is 47.3 Å². The van der Waals surface area contributed by atoms with E-state index >= 15 is 0 Å². The molecule has 5 heterocycles. The highest BCUT2D eigenvalue weighted by Gasteiger charge is 2.78. The largest absolute Gasteiger partial charge is 0.483 e. The smallest absolute Gasteiger partial charge is 0.351 e. The summed E-state index contributed by atoms with van der Waals surface area (Å²) in [6.07, 6.45) is -0.315. The second-order valence-corrected chi connectivity index (χ2v) is 19.5. The summed E-state index contributed by atoms with van der Waals surface area (Å²) in [4.78, 5) is 76.5. The molecule has 2 aliphatic carbocycles. The Morgan fingerprint density at radius 1 is 0.772 bits per heavy atom. The molecular weight excluding hydrogens is 734 g/mol. The number of esters is 4. The molecule has 0 radical (unpaired) electrons. The van der Waals surface area contributed by atoms with E-state index in [0.29, 0.717) is 31.8 Å². The molecule has 0 amide bonds. The van der Waals surface area contributed by atoms with Crippen molar-refractivity contribution in [3.63, 3.8) is 0 Å². The first-order valence-electron chi connectivity index (χ1n) is 20.4. The van der Waals surface area contributed by atoms with Crippen LogP contribution >= 0.6 is 0 Å². The first-order chi connectivity index (χ1) is 26.5. The fourth-order valence-electron chi connectivity index (χ4n) is 10.5. The number of carbonyl (C=O) groups is 4. The monoisotopic (exact) mass is 791 g/mol. The van der Waals surface area contributed by atoms with Crippen molar-refractivity contribution in [1.29, 1.82) is 0 Å². The van der Waals surface area contributed by atoms with E-state index in [-0.39, 0.29) is 40.6 Å². The molecule has 14 heteroatoms. The number of piperazine rings is 1. The van der Waals surface area contributed by atoms with Gasteiger partial charge in [-0.2, -0.15) is 0 Å². The molecule has 14 nitrogen and oxygen atoms in total. The topological polar surface area (TPSA) is 154 Å². The minimum atomic E-state index is -1.62. The van der Waals surface area contributed by atoms with Crippen molar-refractivity contribution in [1.82, 2.24) is 9.80 Å². The summed E-state index contributed by atoms with van der Waals surface area (Å²) in [5.74, 6) is -1.88. The molecule has 8 rings (SSSR count). The lowest BCUT2D eigenvalue weighted by Gasteiger charge is -2.45. The van der Waals surface area contributed by atoms with Gasteiger partial charge in [0, 0.05) is 43.1 Å². The van der Waals surface area contributed by atoms with Crippen LogP contribution in [0.5, 0.6) is 5.75 Å². The summed E-state index contributed by atoms with van der Waals surface area (Å²) in [5, 5.41) is 0.226. The maximum atomic E-state index is 14.8. The van der Waals surface area contributed by atoms with E-state index in [0.717, 1.165) is 32.6 Å². The van der Waals surface area contributed by atoms with Gasteiger partial charge in [-0.25, -0.2) is 9.59 Å². The summed E-state index contributed by atoms with van der Waals surface area (Å²) < 4.78 is 38.1. The molecular formula is C43H57N3O11.